The Labute approximate surface area is 163 Å². The number of piperazine rings is 1. The van der Waals surface area contributed by atoms with Gasteiger partial charge in [0.05, 0.1) is 4.92 Å². The van der Waals surface area contributed by atoms with Gasteiger partial charge in [-0.1, -0.05) is 30.3 Å². The van der Waals surface area contributed by atoms with Crippen molar-refractivity contribution in [1.82, 2.24) is 4.90 Å². The first kappa shape index (κ1) is 19.2. The molecular weight excluding hydrogens is 362 g/mol. The molecule has 1 amide bonds. The number of hydrogen-bond acceptors (Lipinski definition) is 5. The van der Waals surface area contributed by atoms with Gasteiger partial charge in [0.25, 0.3) is 5.69 Å². The zero-order valence-electron chi connectivity index (χ0n) is 15.1. The van der Waals surface area contributed by atoms with Crippen LogP contribution in [0.25, 0.3) is 0 Å². The van der Waals surface area contributed by atoms with Gasteiger partial charge in [-0.3, -0.25) is 14.9 Å². The monoisotopic (exact) mass is 385 g/mol. The van der Waals surface area contributed by atoms with E-state index in [0.717, 1.165) is 12.2 Å². The molecule has 0 bridgehead atoms. The van der Waals surface area contributed by atoms with Gasteiger partial charge in [0.15, 0.2) is 0 Å². The minimum absolute atomic E-state index is 0.121. The summed E-state index contributed by atoms with van der Waals surface area (Å²) in [6, 6.07) is 17.0. The topological polar surface area (TPSA) is 66.7 Å². The minimum Gasteiger partial charge on any atom is -0.362 e. The summed E-state index contributed by atoms with van der Waals surface area (Å²) in [6.07, 6.45) is 1.40. The Morgan fingerprint density at radius 2 is 1.67 bits per heavy atom. The average Bonchev–Trinajstić information content (AvgIpc) is 2.72. The molecule has 0 N–H and O–H groups in total. The number of rotatable bonds is 7. The first-order valence-electron chi connectivity index (χ1n) is 9.09. The number of nitro benzene ring substituents is 1. The first-order chi connectivity index (χ1) is 13.1. The van der Waals surface area contributed by atoms with Crippen LogP contribution in [0.5, 0.6) is 0 Å². The molecule has 1 aliphatic heterocycles. The third-order valence-corrected chi connectivity index (χ3v) is 5.70. The molecule has 1 saturated heterocycles. The maximum absolute atomic E-state index is 12.4. The van der Waals surface area contributed by atoms with Gasteiger partial charge >= 0.3 is 0 Å². The summed E-state index contributed by atoms with van der Waals surface area (Å²) in [6.45, 7) is 2.46. The van der Waals surface area contributed by atoms with Gasteiger partial charge in [-0.2, -0.15) is 0 Å². The van der Waals surface area contributed by atoms with E-state index in [-0.39, 0.29) is 16.5 Å². The van der Waals surface area contributed by atoms with Crippen molar-refractivity contribution in [3.63, 3.8) is 0 Å². The molecule has 0 atom stereocenters. The molecule has 0 aromatic heterocycles. The van der Waals surface area contributed by atoms with Gasteiger partial charge in [0, 0.05) is 43.6 Å². The van der Waals surface area contributed by atoms with Crippen LogP contribution in [0.3, 0.4) is 0 Å². The summed E-state index contributed by atoms with van der Waals surface area (Å²) in [7, 11) is 0. The Kier molecular flexibility index (Phi) is 6.70. The van der Waals surface area contributed by atoms with Crippen LogP contribution in [-0.2, 0) is 4.79 Å². The van der Waals surface area contributed by atoms with E-state index in [1.54, 1.807) is 23.9 Å². The van der Waals surface area contributed by atoms with Crippen molar-refractivity contribution < 1.29 is 9.72 Å². The van der Waals surface area contributed by atoms with Crippen LogP contribution in [0.1, 0.15) is 12.8 Å². The number of nitro groups is 1. The van der Waals surface area contributed by atoms with Crippen molar-refractivity contribution >= 4 is 29.0 Å². The van der Waals surface area contributed by atoms with E-state index in [2.05, 4.69) is 12.1 Å². The Morgan fingerprint density at radius 1 is 1.00 bits per heavy atom. The molecule has 0 radical (unpaired) electrons. The molecule has 0 unspecified atom stereocenters. The number of nitrogens with zero attached hydrogens (tertiary/aromatic N) is 3. The predicted molar refractivity (Wildman–Crippen MR) is 108 cm³/mol. The fraction of sp³-hybridized carbons (Fsp3) is 0.350. The molecule has 142 valence electrons. The molecule has 0 aliphatic carbocycles. The smallest absolute Gasteiger partial charge is 0.292 e. The van der Waals surface area contributed by atoms with Crippen LogP contribution in [0.15, 0.2) is 59.5 Å². The Morgan fingerprint density at radius 3 is 2.37 bits per heavy atom. The van der Waals surface area contributed by atoms with Gasteiger partial charge in [0.2, 0.25) is 5.91 Å². The molecule has 0 saturated carbocycles. The molecule has 1 aliphatic rings. The highest BCUT2D eigenvalue weighted by molar-refractivity contribution is 7.99. The zero-order valence-corrected chi connectivity index (χ0v) is 15.9. The second-order valence-electron chi connectivity index (χ2n) is 6.38. The van der Waals surface area contributed by atoms with Crippen molar-refractivity contribution in [2.45, 2.75) is 17.7 Å². The normalized spacial score (nSPS) is 14.2. The minimum atomic E-state index is -0.350. The third kappa shape index (κ3) is 5.23. The summed E-state index contributed by atoms with van der Waals surface area (Å²) in [4.78, 5) is 28.4. The zero-order chi connectivity index (χ0) is 19.1. The number of anilines is 1. The Hall–Kier alpha value is -2.54. The molecule has 3 rings (SSSR count). The van der Waals surface area contributed by atoms with Crippen molar-refractivity contribution in [3.8, 4) is 0 Å². The van der Waals surface area contributed by atoms with Gasteiger partial charge in [-0.25, -0.2) is 0 Å². The lowest BCUT2D eigenvalue weighted by Gasteiger charge is -2.35. The third-order valence-electron chi connectivity index (χ3n) is 4.60. The second-order valence-corrected chi connectivity index (χ2v) is 7.55. The molecule has 0 spiro atoms. The Bertz CT molecular complexity index is 777. The van der Waals surface area contributed by atoms with Crippen LogP contribution in [0, 0.1) is 10.1 Å². The summed E-state index contributed by atoms with van der Waals surface area (Å²) < 4.78 is 0. The van der Waals surface area contributed by atoms with E-state index in [1.165, 1.54) is 11.0 Å². The lowest BCUT2D eigenvalue weighted by molar-refractivity contribution is -0.384. The van der Waals surface area contributed by atoms with Crippen LogP contribution in [-0.4, -0.2) is 47.7 Å². The second kappa shape index (κ2) is 9.41. The molecule has 2 aromatic carbocycles. The number of para-hydroxylation sites is 2. The lowest BCUT2D eigenvalue weighted by atomic mass is 10.2. The molecule has 7 heteroatoms. The summed E-state index contributed by atoms with van der Waals surface area (Å²) in [5, 5.41) is 11.2. The number of carbonyl (C=O) groups is 1. The SMILES string of the molecule is O=C(CCCSc1ccccc1)N1CCN(c2ccccc2[N+](=O)[O-])CC1. The van der Waals surface area contributed by atoms with Crippen LogP contribution < -0.4 is 4.90 Å². The van der Waals surface area contributed by atoms with E-state index in [0.29, 0.717) is 38.3 Å². The highest BCUT2D eigenvalue weighted by Crippen LogP contribution is 2.28. The van der Waals surface area contributed by atoms with Crippen LogP contribution in [0.4, 0.5) is 11.4 Å². The molecule has 1 fully saturated rings. The van der Waals surface area contributed by atoms with E-state index in [4.69, 9.17) is 0 Å². The van der Waals surface area contributed by atoms with Crippen molar-refractivity contribution in [3.05, 3.63) is 64.7 Å². The quantitative estimate of drug-likeness (QED) is 0.314. The van der Waals surface area contributed by atoms with E-state index in [9.17, 15) is 14.9 Å². The van der Waals surface area contributed by atoms with Crippen molar-refractivity contribution in [2.24, 2.45) is 0 Å². The Balaban J connectivity index is 1.43. The number of thioether (sulfide) groups is 1. The lowest BCUT2D eigenvalue weighted by Crippen LogP contribution is -2.48. The number of hydrogen-bond donors (Lipinski definition) is 0. The molecular formula is C20H23N3O3S. The summed E-state index contributed by atoms with van der Waals surface area (Å²) >= 11 is 1.77. The fourth-order valence-corrected chi connectivity index (χ4v) is 4.04. The first-order valence-corrected chi connectivity index (χ1v) is 10.1. The summed E-state index contributed by atoms with van der Waals surface area (Å²) in [5.41, 5.74) is 0.754. The van der Waals surface area contributed by atoms with Gasteiger partial charge < -0.3 is 9.80 Å². The summed E-state index contributed by atoms with van der Waals surface area (Å²) in [5.74, 6) is 1.09. The number of carbonyl (C=O) groups excluding carboxylic acids is 1. The largest absolute Gasteiger partial charge is 0.362 e. The molecule has 6 nitrogen and oxygen atoms in total. The van der Waals surface area contributed by atoms with E-state index in [1.807, 2.05) is 34.1 Å². The molecule has 27 heavy (non-hydrogen) atoms. The molecule has 1 heterocycles. The van der Waals surface area contributed by atoms with Crippen molar-refractivity contribution in [1.29, 1.82) is 0 Å². The van der Waals surface area contributed by atoms with Crippen LogP contribution in [0.2, 0.25) is 0 Å². The number of benzene rings is 2. The van der Waals surface area contributed by atoms with Gasteiger partial charge in [0.1, 0.15) is 5.69 Å². The fourth-order valence-electron chi connectivity index (χ4n) is 3.17. The standard InChI is InChI=1S/C20H23N3O3S/c24-20(11-6-16-27-17-7-2-1-3-8-17)22-14-12-21(13-15-22)18-9-4-5-10-19(18)23(25)26/h1-5,7-10H,6,11-16H2. The van der Waals surface area contributed by atoms with E-state index < -0.39 is 0 Å². The maximum Gasteiger partial charge on any atom is 0.292 e. The maximum atomic E-state index is 12.4. The average molecular weight is 385 g/mol. The van der Waals surface area contributed by atoms with E-state index >= 15 is 0 Å². The van der Waals surface area contributed by atoms with Gasteiger partial charge in [-0.15, -0.1) is 11.8 Å². The molecule has 2 aromatic rings. The van der Waals surface area contributed by atoms with Crippen LogP contribution >= 0.6 is 11.8 Å². The van der Waals surface area contributed by atoms with Crippen molar-refractivity contribution in [2.75, 3.05) is 36.8 Å². The predicted octanol–water partition coefficient (Wildman–Crippen LogP) is 3.82. The number of amides is 1. The highest BCUT2D eigenvalue weighted by atomic mass is 32.2. The highest BCUT2D eigenvalue weighted by Gasteiger charge is 2.25. The van der Waals surface area contributed by atoms with Gasteiger partial charge in [-0.05, 0) is 30.4 Å².